The van der Waals surface area contributed by atoms with E-state index in [0.29, 0.717) is 0 Å². The van der Waals surface area contributed by atoms with E-state index in [0.717, 1.165) is 0 Å². The van der Waals surface area contributed by atoms with Gasteiger partial charge >= 0.3 is 6.09 Å². The van der Waals surface area contributed by atoms with Crippen molar-refractivity contribution in [2.24, 2.45) is 0 Å². The first kappa shape index (κ1) is 13.2. The van der Waals surface area contributed by atoms with E-state index in [4.69, 9.17) is 4.74 Å². The molecule has 0 aliphatic carbocycles. The van der Waals surface area contributed by atoms with E-state index in [-0.39, 0.29) is 17.1 Å². The number of rotatable bonds is 1. The van der Waals surface area contributed by atoms with Crippen LogP contribution in [-0.2, 0) is 9.53 Å². The minimum Gasteiger partial charge on any atom is -0.444 e. The summed E-state index contributed by atoms with van der Waals surface area (Å²) in [6.45, 7) is 5.47. The fraction of sp³-hybridized carbons (Fsp3) is 0.636. The summed E-state index contributed by atoms with van der Waals surface area (Å²) >= 11 is 2.11. The Balaban J connectivity index is 2.15. The second-order valence-electron chi connectivity index (χ2n) is 5.12. The molecule has 2 aliphatic rings. The lowest BCUT2D eigenvalue weighted by Crippen LogP contribution is -2.41. The zero-order valence-corrected chi connectivity index (χ0v) is 12.8. The van der Waals surface area contributed by atoms with Gasteiger partial charge in [0.1, 0.15) is 11.6 Å². The highest BCUT2D eigenvalue weighted by Gasteiger charge is 2.53. The van der Waals surface area contributed by atoms with Gasteiger partial charge in [-0.25, -0.2) is 4.79 Å². The number of ether oxygens (including phenoxy) is 1. The Kier molecular flexibility index (Phi) is 3.46. The van der Waals surface area contributed by atoms with Crippen LogP contribution in [0.4, 0.5) is 4.79 Å². The van der Waals surface area contributed by atoms with E-state index >= 15 is 0 Å². The van der Waals surface area contributed by atoms with Gasteiger partial charge in [-0.15, -0.1) is 0 Å². The normalized spacial score (nSPS) is 31.2. The summed E-state index contributed by atoms with van der Waals surface area (Å²) in [6, 6.07) is -0.577. The Morgan fingerprint density at radius 2 is 2.12 bits per heavy atom. The van der Waals surface area contributed by atoms with Crippen LogP contribution < -0.4 is 0 Å². The van der Waals surface area contributed by atoms with Gasteiger partial charge in [0, 0.05) is 0 Å². The first-order valence-corrected chi connectivity index (χ1v) is 8.78. The second-order valence-corrected chi connectivity index (χ2v) is 7.33. The zero-order valence-electron chi connectivity index (χ0n) is 9.84. The lowest BCUT2D eigenvalue weighted by atomic mass is 10.1. The summed E-state index contributed by atoms with van der Waals surface area (Å²) in [5, 5.41) is -0.155. The zero-order chi connectivity index (χ0) is 12.8. The summed E-state index contributed by atoms with van der Waals surface area (Å²) in [5.41, 5.74) is -0.533. The predicted octanol–water partition coefficient (Wildman–Crippen LogP) is 2.57. The number of carbonyl (C=O) groups is 2. The third-order valence-electron chi connectivity index (χ3n) is 2.69. The number of nitrogens with zero attached hydrogens (tertiary/aromatic N) is 1. The average molecular weight is 367 g/mol. The van der Waals surface area contributed by atoms with Crippen molar-refractivity contribution in [1.29, 1.82) is 0 Å². The Morgan fingerprint density at radius 3 is 2.59 bits per heavy atom. The highest BCUT2D eigenvalue weighted by Crippen LogP contribution is 2.39. The molecule has 2 rings (SSSR count). The average Bonchev–Trinajstić information content (AvgIpc) is 2.70. The number of amides is 1. The van der Waals surface area contributed by atoms with Crippen LogP contribution in [0.5, 0.6) is 0 Å². The maximum absolute atomic E-state index is 12.0. The Hall–Kier alpha value is -0.240. The van der Waals surface area contributed by atoms with Crippen LogP contribution in [0.15, 0.2) is 12.2 Å². The Morgan fingerprint density at radius 1 is 1.47 bits per heavy atom. The second kappa shape index (κ2) is 4.46. The third-order valence-corrected chi connectivity index (χ3v) is 5.04. The van der Waals surface area contributed by atoms with Gasteiger partial charge in [-0.3, -0.25) is 9.69 Å². The van der Waals surface area contributed by atoms with E-state index in [9.17, 15) is 9.59 Å². The van der Waals surface area contributed by atoms with Crippen molar-refractivity contribution in [3.8, 4) is 0 Å². The van der Waals surface area contributed by atoms with Gasteiger partial charge in [-0.1, -0.05) is 21.1 Å². The molecule has 17 heavy (non-hydrogen) atoms. The number of hydrogen-bond donors (Lipinski definition) is 0. The minimum absolute atomic E-state index is 0.0998. The van der Waals surface area contributed by atoms with Crippen molar-refractivity contribution in [3.63, 3.8) is 0 Å². The predicted molar refractivity (Wildman–Crippen MR) is 75.2 cm³/mol. The standard InChI is InChI=1S/C11H14INO3S/c1-11(2,3)16-10(15)13-6-4-5-7(13)9(17-12)8(6)14/h4-7,9H,1-3H3. The van der Waals surface area contributed by atoms with Crippen LogP contribution in [0.1, 0.15) is 20.8 Å². The van der Waals surface area contributed by atoms with Crippen LogP contribution in [0, 0.1) is 0 Å². The van der Waals surface area contributed by atoms with Crippen molar-refractivity contribution in [1.82, 2.24) is 4.90 Å². The maximum Gasteiger partial charge on any atom is 0.411 e. The van der Waals surface area contributed by atoms with Crippen LogP contribution in [-0.4, -0.2) is 39.7 Å². The molecule has 0 spiro atoms. The van der Waals surface area contributed by atoms with Crippen LogP contribution in [0.2, 0.25) is 0 Å². The number of Topliss-reactive ketones (excluding diaryl/α,β-unsaturated/α-hetero) is 1. The van der Waals surface area contributed by atoms with Crippen molar-refractivity contribution >= 4 is 42.0 Å². The summed E-state index contributed by atoms with van der Waals surface area (Å²) in [4.78, 5) is 25.5. The highest BCUT2D eigenvalue weighted by atomic mass is 127. The van der Waals surface area contributed by atoms with Gasteiger partial charge in [-0.05, 0) is 42.0 Å². The Labute approximate surface area is 117 Å². The number of hydrogen-bond acceptors (Lipinski definition) is 4. The Bertz CT molecular complexity index is 391. The molecule has 6 heteroatoms. The van der Waals surface area contributed by atoms with Crippen molar-refractivity contribution in [2.75, 3.05) is 0 Å². The monoisotopic (exact) mass is 367 g/mol. The van der Waals surface area contributed by atoms with Gasteiger partial charge in [0.05, 0.1) is 11.3 Å². The molecule has 2 heterocycles. The van der Waals surface area contributed by atoms with E-state index in [1.807, 2.05) is 26.8 Å². The molecule has 0 aromatic rings. The topological polar surface area (TPSA) is 46.6 Å². The SMILES string of the molecule is CC(C)(C)OC(=O)N1C2C=CC1C(SI)C2=O. The lowest BCUT2D eigenvalue weighted by Gasteiger charge is -2.27. The quantitative estimate of drug-likeness (QED) is 0.528. The molecule has 3 unspecified atom stereocenters. The van der Waals surface area contributed by atoms with Crippen molar-refractivity contribution in [3.05, 3.63) is 12.2 Å². The molecule has 0 aromatic heterocycles. The largest absolute Gasteiger partial charge is 0.444 e. The smallest absolute Gasteiger partial charge is 0.411 e. The third kappa shape index (κ3) is 2.33. The molecular weight excluding hydrogens is 353 g/mol. The van der Waals surface area contributed by atoms with Gasteiger partial charge < -0.3 is 4.74 Å². The summed E-state index contributed by atoms with van der Waals surface area (Å²) in [7, 11) is 1.46. The molecule has 3 atom stereocenters. The molecular formula is C11H14INO3S. The molecule has 2 bridgehead atoms. The van der Waals surface area contributed by atoms with Gasteiger partial charge in [-0.2, -0.15) is 0 Å². The number of ketones is 1. The fourth-order valence-electron chi connectivity index (χ4n) is 2.05. The highest BCUT2D eigenvalue weighted by molar-refractivity contribution is 14.2. The van der Waals surface area contributed by atoms with Crippen molar-refractivity contribution in [2.45, 2.75) is 43.7 Å². The van der Waals surface area contributed by atoms with Crippen LogP contribution in [0.25, 0.3) is 0 Å². The summed E-state index contributed by atoms with van der Waals surface area (Å²) < 4.78 is 5.33. The molecule has 4 nitrogen and oxygen atoms in total. The van der Waals surface area contributed by atoms with E-state index in [1.54, 1.807) is 11.0 Å². The molecule has 1 saturated heterocycles. The number of halogens is 1. The number of fused-ring (bicyclic) bond motifs is 2. The molecule has 2 aliphatic heterocycles. The molecule has 0 saturated carbocycles. The first-order chi connectivity index (χ1) is 7.85. The molecule has 1 fully saturated rings. The van der Waals surface area contributed by atoms with E-state index < -0.39 is 17.7 Å². The lowest BCUT2D eigenvalue weighted by molar-refractivity contribution is -0.118. The van der Waals surface area contributed by atoms with E-state index in [2.05, 4.69) is 21.2 Å². The maximum atomic E-state index is 12.0. The van der Waals surface area contributed by atoms with Crippen LogP contribution >= 0.6 is 30.1 Å². The van der Waals surface area contributed by atoms with Gasteiger partial charge in [0.2, 0.25) is 0 Å². The summed E-state index contributed by atoms with van der Waals surface area (Å²) in [6.07, 6.45) is 3.31. The molecule has 1 amide bonds. The fourth-order valence-corrected chi connectivity index (χ4v) is 4.26. The van der Waals surface area contributed by atoms with E-state index in [1.165, 1.54) is 8.93 Å². The molecule has 0 radical (unpaired) electrons. The van der Waals surface area contributed by atoms with Gasteiger partial charge in [0.15, 0.2) is 5.78 Å². The van der Waals surface area contributed by atoms with Gasteiger partial charge in [0.25, 0.3) is 0 Å². The summed E-state index contributed by atoms with van der Waals surface area (Å²) in [5.74, 6) is 0.0998. The molecule has 94 valence electrons. The molecule has 0 aromatic carbocycles. The molecule has 0 N–H and O–H groups in total. The van der Waals surface area contributed by atoms with Crippen molar-refractivity contribution < 1.29 is 14.3 Å². The van der Waals surface area contributed by atoms with Crippen LogP contribution in [0.3, 0.4) is 0 Å². The minimum atomic E-state index is -0.533. The first-order valence-electron chi connectivity index (χ1n) is 5.36. The number of carbonyl (C=O) groups excluding carboxylic acids is 2.